The lowest BCUT2D eigenvalue weighted by atomic mass is 10.3. The SMILES string of the molecule is Cc1cc(Br)cnc1Nc1cnn(C(C)C)c1. The summed E-state index contributed by atoms with van der Waals surface area (Å²) in [5.41, 5.74) is 2.05. The van der Waals surface area contributed by atoms with Crippen molar-refractivity contribution in [1.29, 1.82) is 0 Å². The third kappa shape index (κ3) is 2.85. The maximum Gasteiger partial charge on any atom is 0.133 e. The Labute approximate surface area is 109 Å². The lowest BCUT2D eigenvalue weighted by Gasteiger charge is -2.06. The van der Waals surface area contributed by atoms with E-state index in [1.807, 2.05) is 30.1 Å². The summed E-state index contributed by atoms with van der Waals surface area (Å²) >= 11 is 3.40. The highest BCUT2D eigenvalue weighted by molar-refractivity contribution is 9.10. The van der Waals surface area contributed by atoms with Gasteiger partial charge in [0.2, 0.25) is 0 Å². The number of hydrogen-bond acceptors (Lipinski definition) is 3. The number of nitrogens with one attached hydrogen (secondary N) is 1. The monoisotopic (exact) mass is 294 g/mol. The molecule has 2 heterocycles. The molecule has 0 unspecified atom stereocenters. The summed E-state index contributed by atoms with van der Waals surface area (Å²) in [6, 6.07) is 2.40. The van der Waals surface area contributed by atoms with Crippen molar-refractivity contribution in [2.24, 2.45) is 0 Å². The Balaban J connectivity index is 2.19. The number of rotatable bonds is 3. The molecule has 0 spiro atoms. The minimum Gasteiger partial charge on any atom is -0.337 e. The van der Waals surface area contributed by atoms with Crippen LogP contribution in [-0.2, 0) is 0 Å². The molecule has 4 nitrogen and oxygen atoms in total. The van der Waals surface area contributed by atoms with Gasteiger partial charge < -0.3 is 5.32 Å². The van der Waals surface area contributed by atoms with Crippen molar-refractivity contribution in [3.05, 3.63) is 34.7 Å². The van der Waals surface area contributed by atoms with Crippen LogP contribution in [0.3, 0.4) is 0 Å². The Morgan fingerprint density at radius 3 is 2.71 bits per heavy atom. The van der Waals surface area contributed by atoms with Crippen LogP contribution in [0.2, 0.25) is 0 Å². The third-order valence-electron chi connectivity index (χ3n) is 2.44. The van der Waals surface area contributed by atoms with Crippen molar-refractivity contribution < 1.29 is 0 Å². The van der Waals surface area contributed by atoms with E-state index in [1.165, 1.54) is 0 Å². The molecule has 0 aliphatic heterocycles. The first-order valence-corrected chi connectivity index (χ1v) is 6.29. The number of halogens is 1. The second-order valence-corrected chi connectivity index (χ2v) is 5.16. The largest absolute Gasteiger partial charge is 0.337 e. The van der Waals surface area contributed by atoms with E-state index in [4.69, 9.17) is 0 Å². The molecular formula is C12H15BrN4. The summed E-state index contributed by atoms with van der Waals surface area (Å²) in [6.45, 7) is 6.22. The van der Waals surface area contributed by atoms with Gasteiger partial charge in [-0.05, 0) is 48.3 Å². The van der Waals surface area contributed by atoms with Crippen LogP contribution >= 0.6 is 15.9 Å². The van der Waals surface area contributed by atoms with E-state index < -0.39 is 0 Å². The predicted molar refractivity (Wildman–Crippen MR) is 72.6 cm³/mol. The van der Waals surface area contributed by atoms with Gasteiger partial charge in [-0.1, -0.05) is 0 Å². The summed E-state index contributed by atoms with van der Waals surface area (Å²) in [6.07, 6.45) is 5.57. The van der Waals surface area contributed by atoms with Crippen LogP contribution in [0.1, 0.15) is 25.5 Å². The van der Waals surface area contributed by atoms with Gasteiger partial charge in [-0.25, -0.2) is 4.98 Å². The average molecular weight is 295 g/mol. The molecule has 0 saturated carbocycles. The van der Waals surface area contributed by atoms with Gasteiger partial charge in [0.1, 0.15) is 5.82 Å². The lowest BCUT2D eigenvalue weighted by molar-refractivity contribution is 0.532. The Bertz CT molecular complexity index is 519. The zero-order chi connectivity index (χ0) is 12.4. The molecule has 90 valence electrons. The second-order valence-electron chi connectivity index (χ2n) is 4.25. The molecule has 2 aromatic rings. The van der Waals surface area contributed by atoms with Crippen molar-refractivity contribution in [3.63, 3.8) is 0 Å². The van der Waals surface area contributed by atoms with E-state index in [0.717, 1.165) is 21.5 Å². The molecule has 0 aromatic carbocycles. The molecule has 2 rings (SSSR count). The van der Waals surface area contributed by atoms with Gasteiger partial charge in [-0.2, -0.15) is 5.10 Å². The van der Waals surface area contributed by atoms with Crippen LogP contribution < -0.4 is 5.32 Å². The molecule has 2 aromatic heterocycles. The molecule has 0 saturated heterocycles. The summed E-state index contributed by atoms with van der Waals surface area (Å²) in [7, 11) is 0. The quantitative estimate of drug-likeness (QED) is 0.939. The maximum atomic E-state index is 4.33. The molecule has 0 amide bonds. The van der Waals surface area contributed by atoms with Crippen LogP contribution in [0.4, 0.5) is 11.5 Å². The van der Waals surface area contributed by atoms with Crippen LogP contribution in [0.5, 0.6) is 0 Å². The van der Waals surface area contributed by atoms with Gasteiger partial charge in [-0.3, -0.25) is 4.68 Å². The van der Waals surface area contributed by atoms with Gasteiger partial charge >= 0.3 is 0 Å². The standard InChI is InChI=1S/C12H15BrN4/c1-8(2)17-7-11(6-15-17)16-12-9(3)4-10(13)5-14-12/h4-8H,1-3H3,(H,14,16). The van der Waals surface area contributed by atoms with Crippen molar-refractivity contribution in [2.75, 3.05) is 5.32 Å². The average Bonchev–Trinajstić information content (AvgIpc) is 2.71. The van der Waals surface area contributed by atoms with Gasteiger partial charge in [0.25, 0.3) is 0 Å². The normalized spacial score (nSPS) is 10.9. The fraction of sp³-hybridized carbons (Fsp3) is 0.333. The molecule has 0 radical (unpaired) electrons. The first kappa shape index (κ1) is 12.1. The molecule has 0 bridgehead atoms. The predicted octanol–water partition coefficient (Wildman–Crippen LogP) is 3.67. The summed E-state index contributed by atoms with van der Waals surface area (Å²) in [4.78, 5) is 4.33. The van der Waals surface area contributed by atoms with E-state index in [-0.39, 0.29) is 0 Å². The van der Waals surface area contributed by atoms with Gasteiger partial charge in [0, 0.05) is 22.9 Å². The Hall–Kier alpha value is -1.36. The molecule has 5 heteroatoms. The van der Waals surface area contributed by atoms with Crippen LogP contribution in [0.25, 0.3) is 0 Å². The van der Waals surface area contributed by atoms with E-state index in [0.29, 0.717) is 6.04 Å². The topological polar surface area (TPSA) is 42.7 Å². The zero-order valence-electron chi connectivity index (χ0n) is 10.1. The van der Waals surface area contributed by atoms with E-state index in [1.54, 1.807) is 6.20 Å². The van der Waals surface area contributed by atoms with Gasteiger partial charge in [0.05, 0.1) is 11.9 Å². The number of aromatic nitrogens is 3. The van der Waals surface area contributed by atoms with Crippen molar-refractivity contribution in [3.8, 4) is 0 Å². The van der Waals surface area contributed by atoms with Gasteiger partial charge in [0.15, 0.2) is 0 Å². The molecule has 0 fully saturated rings. The first-order chi connectivity index (χ1) is 8.06. The fourth-order valence-electron chi connectivity index (χ4n) is 1.49. The molecule has 17 heavy (non-hydrogen) atoms. The highest BCUT2D eigenvalue weighted by Crippen LogP contribution is 2.21. The number of pyridine rings is 1. The first-order valence-electron chi connectivity index (χ1n) is 5.49. The van der Waals surface area contributed by atoms with Crippen LogP contribution in [-0.4, -0.2) is 14.8 Å². The molecule has 0 aliphatic rings. The molecule has 0 atom stereocenters. The van der Waals surface area contributed by atoms with Crippen LogP contribution in [0.15, 0.2) is 29.1 Å². The Kier molecular flexibility index (Phi) is 3.47. The molecular weight excluding hydrogens is 280 g/mol. The highest BCUT2D eigenvalue weighted by atomic mass is 79.9. The molecule has 1 N–H and O–H groups in total. The van der Waals surface area contributed by atoms with E-state index >= 15 is 0 Å². The number of aryl methyl sites for hydroxylation is 1. The number of hydrogen-bond donors (Lipinski definition) is 1. The summed E-state index contributed by atoms with van der Waals surface area (Å²) in [5.74, 6) is 0.858. The van der Waals surface area contributed by atoms with Crippen molar-refractivity contribution >= 4 is 27.4 Å². The van der Waals surface area contributed by atoms with E-state index in [2.05, 4.69) is 45.2 Å². The van der Waals surface area contributed by atoms with Crippen molar-refractivity contribution in [1.82, 2.24) is 14.8 Å². The minimum atomic E-state index is 0.365. The van der Waals surface area contributed by atoms with E-state index in [9.17, 15) is 0 Å². The second kappa shape index (κ2) is 4.87. The minimum absolute atomic E-state index is 0.365. The highest BCUT2D eigenvalue weighted by Gasteiger charge is 2.04. The number of nitrogens with zero attached hydrogens (tertiary/aromatic N) is 3. The zero-order valence-corrected chi connectivity index (χ0v) is 11.7. The summed E-state index contributed by atoms with van der Waals surface area (Å²) < 4.78 is 2.90. The van der Waals surface area contributed by atoms with Gasteiger partial charge in [-0.15, -0.1) is 0 Å². The number of anilines is 2. The Morgan fingerprint density at radius 2 is 2.12 bits per heavy atom. The van der Waals surface area contributed by atoms with Crippen molar-refractivity contribution in [2.45, 2.75) is 26.8 Å². The maximum absolute atomic E-state index is 4.33. The fourth-order valence-corrected chi connectivity index (χ4v) is 1.94. The van der Waals surface area contributed by atoms with Crippen LogP contribution in [0, 0.1) is 6.92 Å². The smallest absolute Gasteiger partial charge is 0.133 e. The Morgan fingerprint density at radius 1 is 1.35 bits per heavy atom. The summed E-state index contributed by atoms with van der Waals surface area (Å²) in [5, 5.41) is 7.54. The molecule has 0 aliphatic carbocycles. The lowest BCUT2D eigenvalue weighted by Crippen LogP contribution is -2.00. The third-order valence-corrected chi connectivity index (χ3v) is 2.87.